The van der Waals surface area contributed by atoms with Crippen LogP contribution in [0.2, 0.25) is 0 Å². The summed E-state index contributed by atoms with van der Waals surface area (Å²) in [6.45, 7) is 10.5. The van der Waals surface area contributed by atoms with Gasteiger partial charge in [0.05, 0.1) is 24.6 Å². The summed E-state index contributed by atoms with van der Waals surface area (Å²) in [5, 5.41) is 7.42. The van der Waals surface area contributed by atoms with Gasteiger partial charge >= 0.3 is 0 Å². The van der Waals surface area contributed by atoms with Crippen molar-refractivity contribution in [3.63, 3.8) is 0 Å². The van der Waals surface area contributed by atoms with Gasteiger partial charge in [0.2, 0.25) is 0 Å². The highest BCUT2D eigenvalue weighted by Gasteiger charge is 2.32. The first-order valence-electron chi connectivity index (χ1n) is 8.02. The van der Waals surface area contributed by atoms with Crippen LogP contribution in [0, 0.1) is 0 Å². The molecular weight excluding hydrogens is 286 g/mol. The third-order valence-corrected chi connectivity index (χ3v) is 8.77. The lowest BCUT2D eigenvalue weighted by atomic mass is 10.4. The second-order valence-corrected chi connectivity index (χ2v) is 10.1. The Labute approximate surface area is 131 Å². The molecule has 0 aromatic carbocycles. The highest BCUT2D eigenvalue weighted by Crippen LogP contribution is 2.60. The smallest absolute Gasteiger partial charge is 0.300 e. The summed E-state index contributed by atoms with van der Waals surface area (Å²) in [6.07, 6.45) is 14.9. The minimum atomic E-state index is -0.833. The third-order valence-electron chi connectivity index (χ3n) is 3.63. The molecule has 0 aliphatic carbocycles. The summed E-state index contributed by atoms with van der Waals surface area (Å²) in [4.78, 5) is 9.00. The Bertz CT molecular complexity index is 183. The van der Waals surface area contributed by atoms with Crippen LogP contribution in [-0.4, -0.2) is 35.7 Å². The van der Waals surface area contributed by atoms with Crippen LogP contribution in [0.5, 0.6) is 0 Å². The van der Waals surface area contributed by atoms with E-state index in [1.165, 1.54) is 44.7 Å². The van der Waals surface area contributed by atoms with Crippen molar-refractivity contribution in [2.45, 2.75) is 73.1 Å². The molecule has 0 saturated heterocycles. The molecule has 0 spiro atoms. The van der Waals surface area contributed by atoms with E-state index in [1.54, 1.807) is 18.5 Å². The summed E-state index contributed by atoms with van der Waals surface area (Å²) in [5.41, 5.74) is 0. The van der Waals surface area contributed by atoms with Crippen LogP contribution >= 0.6 is 17.2 Å². The van der Waals surface area contributed by atoms with Crippen molar-refractivity contribution in [1.82, 2.24) is 0 Å². The molecule has 0 bridgehead atoms. The highest BCUT2D eigenvalue weighted by molar-refractivity contribution is 7.75. The fourth-order valence-electron chi connectivity index (χ4n) is 2.29. The Kier molecular flexibility index (Phi) is 22.0. The minimum absolute atomic E-state index is 0. The summed E-state index contributed by atoms with van der Waals surface area (Å²) in [5.74, 6) is -0.833. The van der Waals surface area contributed by atoms with Gasteiger partial charge in [-0.2, -0.15) is 9.90 Å². The van der Waals surface area contributed by atoms with Crippen molar-refractivity contribution >= 4 is 23.1 Å². The molecule has 0 aliphatic rings. The average Bonchev–Trinajstić information content (AvgIpc) is 2.38. The van der Waals surface area contributed by atoms with Crippen molar-refractivity contribution in [2.75, 3.05) is 24.6 Å². The maximum atomic E-state index is 9.00. The third kappa shape index (κ3) is 16.4. The van der Waals surface area contributed by atoms with Gasteiger partial charge in [0.1, 0.15) is 0 Å². The van der Waals surface area contributed by atoms with E-state index in [9.17, 15) is 0 Å². The summed E-state index contributed by atoms with van der Waals surface area (Å²) in [6, 6.07) is 0. The highest BCUT2D eigenvalue weighted by atomic mass is 31.2. The van der Waals surface area contributed by atoms with Crippen LogP contribution in [0.1, 0.15) is 73.1 Å². The van der Waals surface area contributed by atoms with E-state index in [-0.39, 0.29) is 9.90 Å². The topological polar surface area (TPSA) is 37.3 Å². The summed E-state index contributed by atoms with van der Waals surface area (Å²) in [7, 11) is -0.527. The molecule has 0 saturated carbocycles. The molecule has 0 aliphatic heterocycles. The Morgan fingerprint density at radius 3 is 1.25 bits per heavy atom. The molecule has 1 N–H and O–H groups in total. The zero-order chi connectivity index (χ0) is 15.1. The standard InChI is InChI=1S/C14H32P.C2H4O2.H3P/c1-5-9-12-15(8-4,13-10-6-2)14-11-7-3;1-2(3)4;/h5-14H2,1-4H3;1H3,(H,3,4);1H3/q+1;;. The molecule has 2 nitrogen and oxygen atoms in total. The second kappa shape index (κ2) is 17.4. The number of carboxylic acid groups (broad SMARTS) is 1. The summed E-state index contributed by atoms with van der Waals surface area (Å²) < 4.78 is 0. The first-order chi connectivity index (χ1) is 8.97. The number of carbonyl (C=O) groups is 1. The molecule has 0 heterocycles. The molecule has 0 aromatic heterocycles. The van der Waals surface area contributed by atoms with Crippen molar-refractivity contribution in [1.29, 1.82) is 0 Å². The van der Waals surface area contributed by atoms with Gasteiger partial charge in [-0.3, -0.25) is 4.79 Å². The van der Waals surface area contributed by atoms with Crippen LogP contribution in [0.4, 0.5) is 0 Å². The molecule has 0 radical (unpaired) electrons. The first-order valence-corrected chi connectivity index (χ1v) is 10.6. The number of unbranched alkanes of at least 4 members (excludes halogenated alkanes) is 3. The van der Waals surface area contributed by atoms with E-state index in [4.69, 9.17) is 9.90 Å². The van der Waals surface area contributed by atoms with Gasteiger partial charge in [-0.05, 0) is 26.2 Å². The molecular formula is C16H39O2P2+. The summed E-state index contributed by atoms with van der Waals surface area (Å²) >= 11 is 0. The predicted molar refractivity (Wildman–Crippen MR) is 101 cm³/mol. The van der Waals surface area contributed by atoms with Crippen LogP contribution in [-0.2, 0) is 4.79 Å². The van der Waals surface area contributed by atoms with Gasteiger partial charge < -0.3 is 5.11 Å². The Hall–Kier alpha value is 0.330. The molecule has 1 unspecified atom stereocenters. The van der Waals surface area contributed by atoms with Gasteiger partial charge in [-0.25, -0.2) is 0 Å². The van der Waals surface area contributed by atoms with Gasteiger partial charge in [-0.15, -0.1) is 0 Å². The van der Waals surface area contributed by atoms with E-state index in [0.717, 1.165) is 6.92 Å². The van der Waals surface area contributed by atoms with E-state index in [2.05, 4.69) is 27.7 Å². The number of carboxylic acids is 1. The van der Waals surface area contributed by atoms with Crippen LogP contribution in [0.3, 0.4) is 0 Å². The normalized spacial score (nSPS) is 10.2. The van der Waals surface area contributed by atoms with Crippen molar-refractivity contribution in [3.05, 3.63) is 0 Å². The molecule has 0 amide bonds. The average molecular weight is 325 g/mol. The maximum Gasteiger partial charge on any atom is 0.300 e. The first kappa shape index (κ1) is 25.3. The van der Waals surface area contributed by atoms with Crippen LogP contribution < -0.4 is 0 Å². The number of rotatable bonds is 10. The molecule has 124 valence electrons. The fourth-order valence-corrected chi connectivity index (χ4v) is 6.87. The molecule has 1 atom stereocenters. The van der Waals surface area contributed by atoms with E-state index in [0.29, 0.717) is 0 Å². The van der Waals surface area contributed by atoms with Crippen molar-refractivity contribution in [2.24, 2.45) is 0 Å². The monoisotopic (exact) mass is 325 g/mol. The number of hydrogen-bond donors (Lipinski definition) is 1. The molecule has 20 heavy (non-hydrogen) atoms. The van der Waals surface area contributed by atoms with E-state index < -0.39 is 13.2 Å². The molecule has 0 fully saturated rings. The van der Waals surface area contributed by atoms with Gasteiger partial charge in [0, 0.05) is 14.2 Å². The van der Waals surface area contributed by atoms with Crippen molar-refractivity contribution < 1.29 is 9.90 Å². The zero-order valence-electron chi connectivity index (χ0n) is 14.6. The van der Waals surface area contributed by atoms with E-state index in [1.807, 2.05) is 0 Å². The number of hydrogen-bond acceptors (Lipinski definition) is 1. The molecule has 4 heteroatoms. The predicted octanol–water partition coefficient (Wildman–Crippen LogP) is 5.57. The number of aliphatic carboxylic acids is 1. The largest absolute Gasteiger partial charge is 0.481 e. The SMILES string of the molecule is CC(=O)O.CCCC[P+](CC)(CCCC)CCCC.P. The van der Waals surface area contributed by atoms with Gasteiger partial charge in [-0.1, -0.05) is 40.0 Å². The van der Waals surface area contributed by atoms with Crippen LogP contribution in [0.25, 0.3) is 0 Å². The maximum absolute atomic E-state index is 9.00. The van der Waals surface area contributed by atoms with Crippen LogP contribution in [0.15, 0.2) is 0 Å². The van der Waals surface area contributed by atoms with Gasteiger partial charge in [0.25, 0.3) is 5.97 Å². The zero-order valence-corrected chi connectivity index (χ0v) is 16.9. The molecule has 0 aromatic rings. The lowest BCUT2D eigenvalue weighted by molar-refractivity contribution is -0.134. The van der Waals surface area contributed by atoms with Crippen molar-refractivity contribution in [3.8, 4) is 0 Å². The second-order valence-electron chi connectivity index (χ2n) is 5.41. The van der Waals surface area contributed by atoms with Gasteiger partial charge in [0.15, 0.2) is 0 Å². The Morgan fingerprint density at radius 1 is 0.850 bits per heavy atom. The molecule has 0 rings (SSSR count). The quantitative estimate of drug-likeness (QED) is 0.533. The fraction of sp³-hybridized carbons (Fsp3) is 0.938. The van der Waals surface area contributed by atoms with E-state index >= 15 is 0 Å². The lowest BCUT2D eigenvalue weighted by Gasteiger charge is -2.26. The minimum Gasteiger partial charge on any atom is -0.481 e. The lowest BCUT2D eigenvalue weighted by Crippen LogP contribution is -2.11. The Balaban J connectivity index is -0.000000508. The Morgan fingerprint density at radius 2 is 1.10 bits per heavy atom.